The van der Waals surface area contributed by atoms with Crippen LogP contribution in [0.25, 0.3) is 0 Å². The minimum Gasteiger partial charge on any atom is -0.497 e. The summed E-state index contributed by atoms with van der Waals surface area (Å²) >= 11 is 5.97. The molecule has 2 aromatic rings. The number of benzene rings is 2. The van der Waals surface area contributed by atoms with E-state index in [1.165, 1.54) is 0 Å². The maximum Gasteiger partial charge on any atom is 0.229 e. The third-order valence-electron chi connectivity index (χ3n) is 4.30. The van der Waals surface area contributed by atoms with Gasteiger partial charge in [-0.2, -0.15) is 0 Å². The summed E-state index contributed by atoms with van der Waals surface area (Å²) in [5.41, 5.74) is 2.39. The molecule has 3 rings (SSSR count). The fourth-order valence-corrected chi connectivity index (χ4v) is 3.18. The van der Waals surface area contributed by atoms with Crippen molar-refractivity contribution in [3.8, 4) is 5.75 Å². The maximum absolute atomic E-state index is 12.5. The second-order valence-electron chi connectivity index (χ2n) is 6.05. The van der Waals surface area contributed by atoms with Crippen molar-refractivity contribution in [2.45, 2.75) is 13.3 Å². The zero-order valence-electron chi connectivity index (χ0n) is 14.1. The van der Waals surface area contributed by atoms with E-state index in [9.17, 15) is 9.59 Å². The highest BCUT2D eigenvalue weighted by Gasteiger charge is 2.35. The summed E-state index contributed by atoms with van der Waals surface area (Å²) in [6, 6.07) is 12.5. The first-order valence-corrected chi connectivity index (χ1v) is 8.37. The van der Waals surface area contributed by atoms with E-state index < -0.39 is 0 Å². The number of nitrogens with one attached hydrogen (secondary N) is 1. The number of anilines is 2. The quantitative estimate of drug-likeness (QED) is 0.907. The summed E-state index contributed by atoms with van der Waals surface area (Å²) in [4.78, 5) is 26.5. The van der Waals surface area contributed by atoms with E-state index in [1.807, 2.05) is 19.1 Å². The first kappa shape index (κ1) is 17.3. The SMILES string of the molecule is COc1ccc(NC(=O)C2CC(=O)N(c3ccc(Cl)cc3C)C2)cc1. The number of rotatable bonds is 4. The van der Waals surface area contributed by atoms with E-state index in [0.29, 0.717) is 17.3 Å². The summed E-state index contributed by atoms with van der Waals surface area (Å²) < 4.78 is 5.10. The number of methoxy groups -OCH3 is 1. The van der Waals surface area contributed by atoms with Gasteiger partial charge in [-0.15, -0.1) is 0 Å². The van der Waals surface area contributed by atoms with E-state index in [-0.39, 0.29) is 24.2 Å². The molecule has 130 valence electrons. The Kier molecular flexibility index (Phi) is 4.95. The molecule has 5 nitrogen and oxygen atoms in total. The Balaban J connectivity index is 1.69. The Labute approximate surface area is 151 Å². The molecule has 25 heavy (non-hydrogen) atoms. The predicted octanol–water partition coefficient (Wildman–Crippen LogP) is 3.65. The second-order valence-corrected chi connectivity index (χ2v) is 6.49. The highest BCUT2D eigenvalue weighted by molar-refractivity contribution is 6.30. The fraction of sp³-hybridized carbons (Fsp3) is 0.263. The van der Waals surface area contributed by atoms with Crippen molar-refractivity contribution in [2.24, 2.45) is 5.92 Å². The molecule has 1 heterocycles. The van der Waals surface area contributed by atoms with Crippen LogP contribution in [0.15, 0.2) is 42.5 Å². The molecule has 2 aromatic carbocycles. The van der Waals surface area contributed by atoms with Crippen LogP contribution in [0.2, 0.25) is 5.02 Å². The van der Waals surface area contributed by atoms with Gasteiger partial charge in [0.2, 0.25) is 11.8 Å². The van der Waals surface area contributed by atoms with Crippen LogP contribution in [0.5, 0.6) is 5.75 Å². The molecule has 0 radical (unpaired) electrons. The van der Waals surface area contributed by atoms with Gasteiger partial charge in [-0.25, -0.2) is 0 Å². The minimum absolute atomic E-state index is 0.0553. The molecule has 1 atom stereocenters. The fourth-order valence-electron chi connectivity index (χ4n) is 2.96. The topological polar surface area (TPSA) is 58.6 Å². The first-order chi connectivity index (χ1) is 12.0. The number of nitrogens with zero attached hydrogens (tertiary/aromatic N) is 1. The van der Waals surface area contributed by atoms with Crippen molar-refractivity contribution in [1.29, 1.82) is 0 Å². The Morgan fingerprint density at radius 3 is 2.60 bits per heavy atom. The van der Waals surface area contributed by atoms with Crippen LogP contribution >= 0.6 is 11.6 Å². The largest absolute Gasteiger partial charge is 0.497 e. The van der Waals surface area contributed by atoms with Crippen molar-refractivity contribution >= 4 is 34.8 Å². The van der Waals surface area contributed by atoms with Gasteiger partial charge in [0.05, 0.1) is 13.0 Å². The molecule has 1 unspecified atom stereocenters. The van der Waals surface area contributed by atoms with Gasteiger partial charge < -0.3 is 15.0 Å². The summed E-state index contributed by atoms with van der Waals surface area (Å²) in [5, 5.41) is 3.48. The number of carbonyl (C=O) groups is 2. The van der Waals surface area contributed by atoms with E-state index in [1.54, 1.807) is 42.3 Å². The zero-order chi connectivity index (χ0) is 18.0. The van der Waals surface area contributed by atoms with E-state index in [2.05, 4.69) is 5.32 Å². The molecule has 1 saturated heterocycles. The lowest BCUT2D eigenvalue weighted by atomic mass is 10.1. The van der Waals surface area contributed by atoms with Crippen LogP contribution in [-0.2, 0) is 9.59 Å². The monoisotopic (exact) mass is 358 g/mol. The van der Waals surface area contributed by atoms with Crippen LogP contribution in [0.4, 0.5) is 11.4 Å². The number of aryl methyl sites for hydroxylation is 1. The van der Waals surface area contributed by atoms with Crippen LogP contribution in [0, 0.1) is 12.8 Å². The van der Waals surface area contributed by atoms with E-state index in [4.69, 9.17) is 16.3 Å². The maximum atomic E-state index is 12.5. The molecular formula is C19H19ClN2O3. The second kappa shape index (κ2) is 7.15. The molecule has 1 fully saturated rings. The van der Waals surface area contributed by atoms with Gasteiger partial charge in [0.15, 0.2) is 0 Å². The lowest BCUT2D eigenvalue weighted by molar-refractivity contribution is -0.122. The van der Waals surface area contributed by atoms with Crippen molar-refractivity contribution in [3.63, 3.8) is 0 Å². The molecule has 1 aliphatic heterocycles. The Morgan fingerprint density at radius 1 is 1.24 bits per heavy atom. The van der Waals surface area contributed by atoms with Gasteiger partial charge >= 0.3 is 0 Å². The Hall–Kier alpha value is -2.53. The van der Waals surface area contributed by atoms with Gasteiger partial charge in [0, 0.05) is 29.4 Å². The third-order valence-corrected chi connectivity index (χ3v) is 4.54. The molecule has 1 aliphatic rings. The van der Waals surface area contributed by atoms with Gasteiger partial charge in [0.1, 0.15) is 5.75 Å². The van der Waals surface area contributed by atoms with E-state index in [0.717, 1.165) is 17.0 Å². The van der Waals surface area contributed by atoms with Gasteiger partial charge in [-0.1, -0.05) is 11.6 Å². The summed E-state index contributed by atoms with van der Waals surface area (Å²) in [6.07, 6.45) is 0.198. The molecule has 0 aromatic heterocycles. The molecule has 2 amide bonds. The standard InChI is InChI=1S/C19H19ClN2O3/c1-12-9-14(20)3-8-17(12)22-11-13(10-18(22)23)19(24)21-15-4-6-16(25-2)7-5-15/h3-9,13H,10-11H2,1-2H3,(H,21,24). The number of halogens is 1. The lowest BCUT2D eigenvalue weighted by Gasteiger charge is -2.19. The number of carbonyl (C=O) groups excluding carboxylic acids is 2. The molecule has 0 saturated carbocycles. The average Bonchev–Trinajstić information content (AvgIpc) is 2.97. The smallest absolute Gasteiger partial charge is 0.229 e. The van der Waals surface area contributed by atoms with E-state index >= 15 is 0 Å². The summed E-state index contributed by atoms with van der Waals surface area (Å²) in [5.74, 6) is 0.121. The summed E-state index contributed by atoms with van der Waals surface area (Å²) in [7, 11) is 1.59. The van der Waals surface area contributed by atoms with Crippen LogP contribution < -0.4 is 15.0 Å². The van der Waals surface area contributed by atoms with Gasteiger partial charge in [-0.3, -0.25) is 9.59 Å². The predicted molar refractivity (Wildman–Crippen MR) is 98.3 cm³/mol. The molecule has 0 aliphatic carbocycles. The molecule has 0 spiro atoms. The molecule has 1 N–H and O–H groups in total. The third kappa shape index (κ3) is 3.77. The van der Waals surface area contributed by atoms with Crippen LogP contribution in [-0.4, -0.2) is 25.5 Å². The van der Waals surface area contributed by atoms with Crippen molar-refractivity contribution in [1.82, 2.24) is 0 Å². The number of hydrogen-bond donors (Lipinski definition) is 1. The highest BCUT2D eigenvalue weighted by atomic mass is 35.5. The highest BCUT2D eigenvalue weighted by Crippen LogP contribution is 2.30. The lowest BCUT2D eigenvalue weighted by Crippen LogP contribution is -2.28. The van der Waals surface area contributed by atoms with Crippen LogP contribution in [0.3, 0.4) is 0 Å². The normalized spacial score (nSPS) is 16.8. The van der Waals surface area contributed by atoms with Gasteiger partial charge in [0.25, 0.3) is 0 Å². The minimum atomic E-state index is -0.385. The summed E-state index contributed by atoms with van der Waals surface area (Å²) in [6.45, 7) is 2.27. The number of ether oxygens (including phenoxy) is 1. The molecule has 6 heteroatoms. The number of hydrogen-bond acceptors (Lipinski definition) is 3. The Bertz CT molecular complexity index is 805. The van der Waals surface area contributed by atoms with Crippen molar-refractivity contribution < 1.29 is 14.3 Å². The first-order valence-electron chi connectivity index (χ1n) is 7.99. The molecular weight excluding hydrogens is 340 g/mol. The zero-order valence-corrected chi connectivity index (χ0v) is 14.8. The molecule has 0 bridgehead atoms. The van der Waals surface area contributed by atoms with Crippen LogP contribution in [0.1, 0.15) is 12.0 Å². The van der Waals surface area contributed by atoms with Crippen molar-refractivity contribution in [2.75, 3.05) is 23.9 Å². The van der Waals surface area contributed by atoms with Crippen molar-refractivity contribution in [3.05, 3.63) is 53.1 Å². The average molecular weight is 359 g/mol. The van der Waals surface area contributed by atoms with Gasteiger partial charge in [-0.05, 0) is 55.0 Å². The number of amides is 2. The Morgan fingerprint density at radius 2 is 1.96 bits per heavy atom.